The van der Waals surface area contributed by atoms with Gasteiger partial charge >= 0.3 is 0 Å². The van der Waals surface area contributed by atoms with Crippen LogP contribution in [0, 0.1) is 11.3 Å². The van der Waals surface area contributed by atoms with Crippen LogP contribution in [0.5, 0.6) is 0 Å². The number of likely N-dealkylation sites (tertiary alicyclic amines) is 1. The minimum absolute atomic E-state index is 0.0172. The minimum Gasteiger partial charge on any atom is -0.386 e. The summed E-state index contributed by atoms with van der Waals surface area (Å²) in [5, 5.41) is 27.2. The summed E-state index contributed by atoms with van der Waals surface area (Å²) < 4.78 is 1.59. The summed E-state index contributed by atoms with van der Waals surface area (Å²) in [6, 6.07) is 9.06. The lowest BCUT2D eigenvalue weighted by Gasteiger charge is -2.39. The van der Waals surface area contributed by atoms with E-state index in [0.717, 1.165) is 12.0 Å². The number of nitriles is 1. The van der Waals surface area contributed by atoms with Gasteiger partial charge in [-0.3, -0.25) is 4.79 Å². The molecule has 1 N–H and O–H groups in total. The fraction of sp³-hybridized carbons (Fsp3) is 0.412. The smallest absolute Gasteiger partial charge is 0.227 e. The van der Waals surface area contributed by atoms with Crippen molar-refractivity contribution in [3.8, 4) is 6.07 Å². The zero-order chi connectivity index (χ0) is 17.0. The lowest BCUT2D eigenvalue weighted by atomic mass is 9.92. The van der Waals surface area contributed by atoms with Crippen LogP contribution < -0.4 is 0 Å². The number of piperidine rings is 1. The third kappa shape index (κ3) is 3.78. The second kappa shape index (κ2) is 6.81. The molecule has 1 aromatic carbocycles. The normalized spacial score (nSPS) is 20.6. The van der Waals surface area contributed by atoms with Gasteiger partial charge in [-0.1, -0.05) is 17.3 Å². The SMILES string of the molecule is N#Cc1ccc(CC(=O)N2CCCC(O)(Cn3ccnn3)C2)cc1. The molecule has 0 spiro atoms. The average molecular weight is 325 g/mol. The van der Waals surface area contributed by atoms with E-state index in [9.17, 15) is 9.90 Å². The zero-order valence-electron chi connectivity index (χ0n) is 13.3. The summed E-state index contributed by atoms with van der Waals surface area (Å²) in [4.78, 5) is 14.2. The first-order chi connectivity index (χ1) is 11.6. The summed E-state index contributed by atoms with van der Waals surface area (Å²) >= 11 is 0. The number of carbonyl (C=O) groups excluding carboxylic acids is 1. The Balaban J connectivity index is 1.63. The van der Waals surface area contributed by atoms with Crippen LogP contribution in [0.2, 0.25) is 0 Å². The molecule has 1 aliphatic rings. The predicted octanol–water partition coefficient (Wildman–Crippen LogP) is 0.746. The highest BCUT2D eigenvalue weighted by molar-refractivity contribution is 5.79. The Kier molecular flexibility index (Phi) is 4.58. The summed E-state index contributed by atoms with van der Waals surface area (Å²) in [6.07, 6.45) is 4.93. The zero-order valence-corrected chi connectivity index (χ0v) is 13.3. The lowest BCUT2D eigenvalue weighted by molar-refractivity contribution is -0.138. The van der Waals surface area contributed by atoms with Crippen molar-refractivity contribution in [3.63, 3.8) is 0 Å². The van der Waals surface area contributed by atoms with Crippen LogP contribution in [0.3, 0.4) is 0 Å². The van der Waals surface area contributed by atoms with Crippen LogP contribution in [0.4, 0.5) is 0 Å². The van der Waals surface area contributed by atoms with E-state index < -0.39 is 5.60 Å². The topological polar surface area (TPSA) is 95.0 Å². The molecule has 1 fully saturated rings. The van der Waals surface area contributed by atoms with Crippen molar-refractivity contribution in [1.82, 2.24) is 19.9 Å². The first-order valence-electron chi connectivity index (χ1n) is 7.91. The Hall–Kier alpha value is -2.72. The van der Waals surface area contributed by atoms with E-state index in [2.05, 4.69) is 16.4 Å². The molecule has 1 atom stereocenters. The van der Waals surface area contributed by atoms with Crippen molar-refractivity contribution in [2.45, 2.75) is 31.4 Å². The van der Waals surface area contributed by atoms with Crippen molar-refractivity contribution >= 4 is 5.91 Å². The van der Waals surface area contributed by atoms with E-state index in [-0.39, 0.29) is 12.3 Å². The van der Waals surface area contributed by atoms with E-state index >= 15 is 0 Å². The molecule has 7 nitrogen and oxygen atoms in total. The molecule has 1 amide bonds. The molecule has 0 saturated carbocycles. The Bertz CT molecular complexity index is 735. The van der Waals surface area contributed by atoms with Crippen LogP contribution in [-0.4, -0.2) is 49.6 Å². The van der Waals surface area contributed by atoms with Gasteiger partial charge in [0, 0.05) is 12.7 Å². The van der Waals surface area contributed by atoms with E-state index in [1.54, 1.807) is 46.2 Å². The van der Waals surface area contributed by atoms with Gasteiger partial charge in [0.05, 0.1) is 37.3 Å². The Morgan fingerprint density at radius 1 is 1.38 bits per heavy atom. The van der Waals surface area contributed by atoms with Gasteiger partial charge in [0.15, 0.2) is 0 Å². The number of aromatic nitrogens is 3. The van der Waals surface area contributed by atoms with Gasteiger partial charge < -0.3 is 10.0 Å². The first kappa shape index (κ1) is 16.1. The quantitative estimate of drug-likeness (QED) is 0.895. The van der Waals surface area contributed by atoms with Gasteiger partial charge in [-0.25, -0.2) is 4.68 Å². The van der Waals surface area contributed by atoms with Gasteiger partial charge in [-0.15, -0.1) is 5.10 Å². The van der Waals surface area contributed by atoms with E-state index in [0.29, 0.717) is 31.6 Å². The maximum absolute atomic E-state index is 12.5. The maximum atomic E-state index is 12.5. The fourth-order valence-corrected chi connectivity index (χ4v) is 3.06. The van der Waals surface area contributed by atoms with Crippen molar-refractivity contribution in [1.29, 1.82) is 5.26 Å². The maximum Gasteiger partial charge on any atom is 0.227 e. The van der Waals surface area contributed by atoms with Crippen LogP contribution in [0.25, 0.3) is 0 Å². The van der Waals surface area contributed by atoms with Crippen LogP contribution in [0.1, 0.15) is 24.0 Å². The Labute approximate surface area is 140 Å². The number of β-amino-alcohol motifs (C(OH)–C–C–N with tert-alkyl or cyclic N) is 1. The van der Waals surface area contributed by atoms with Crippen molar-refractivity contribution in [2.75, 3.05) is 13.1 Å². The highest BCUT2D eigenvalue weighted by atomic mass is 16.3. The molecule has 1 unspecified atom stereocenters. The van der Waals surface area contributed by atoms with Gasteiger partial charge in [-0.2, -0.15) is 5.26 Å². The molecule has 0 bridgehead atoms. The monoisotopic (exact) mass is 325 g/mol. The Morgan fingerprint density at radius 3 is 2.83 bits per heavy atom. The summed E-state index contributed by atoms with van der Waals surface area (Å²) in [7, 11) is 0. The van der Waals surface area contributed by atoms with Gasteiger partial charge in [0.25, 0.3) is 0 Å². The third-order valence-corrected chi connectivity index (χ3v) is 4.27. The summed E-state index contributed by atoms with van der Waals surface area (Å²) in [5.41, 5.74) is 0.461. The van der Waals surface area contributed by atoms with E-state index in [1.807, 2.05) is 0 Å². The van der Waals surface area contributed by atoms with E-state index in [1.165, 1.54) is 0 Å². The molecule has 2 heterocycles. The van der Waals surface area contributed by atoms with Crippen LogP contribution >= 0.6 is 0 Å². The second-order valence-electron chi connectivity index (χ2n) is 6.23. The fourth-order valence-electron chi connectivity index (χ4n) is 3.06. The highest BCUT2D eigenvalue weighted by Crippen LogP contribution is 2.23. The minimum atomic E-state index is -0.980. The molecular weight excluding hydrogens is 306 g/mol. The molecule has 2 aromatic rings. The molecule has 7 heteroatoms. The second-order valence-corrected chi connectivity index (χ2v) is 6.23. The van der Waals surface area contributed by atoms with E-state index in [4.69, 9.17) is 5.26 Å². The summed E-state index contributed by atoms with van der Waals surface area (Å²) in [5.74, 6) is -0.0172. The molecule has 24 heavy (non-hydrogen) atoms. The number of carbonyl (C=O) groups is 1. The predicted molar refractivity (Wildman–Crippen MR) is 85.6 cm³/mol. The van der Waals surface area contributed by atoms with Gasteiger partial charge in [-0.05, 0) is 30.5 Å². The van der Waals surface area contributed by atoms with Gasteiger partial charge in [0.2, 0.25) is 5.91 Å². The molecule has 1 aromatic heterocycles. The number of hydrogen-bond donors (Lipinski definition) is 1. The summed E-state index contributed by atoms with van der Waals surface area (Å²) in [6.45, 7) is 1.27. The first-order valence-corrected chi connectivity index (χ1v) is 7.91. The molecule has 3 rings (SSSR count). The van der Waals surface area contributed by atoms with Crippen molar-refractivity contribution in [3.05, 3.63) is 47.8 Å². The largest absolute Gasteiger partial charge is 0.386 e. The lowest BCUT2D eigenvalue weighted by Crippen LogP contribution is -2.52. The molecule has 0 aliphatic carbocycles. The van der Waals surface area contributed by atoms with Crippen molar-refractivity contribution < 1.29 is 9.90 Å². The molecule has 1 saturated heterocycles. The van der Waals surface area contributed by atoms with Crippen LogP contribution in [-0.2, 0) is 17.8 Å². The molecule has 0 radical (unpaired) electrons. The number of rotatable bonds is 4. The number of amides is 1. The van der Waals surface area contributed by atoms with Crippen LogP contribution in [0.15, 0.2) is 36.7 Å². The standard InChI is InChI=1S/C17H19N5O2/c18-11-15-4-2-14(3-5-15)10-16(23)21-8-1-6-17(24,12-21)13-22-9-7-19-20-22/h2-5,7,9,24H,1,6,8,10,12-13H2. The number of benzene rings is 1. The number of aliphatic hydroxyl groups is 1. The molecular formula is C17H19N5O2. The molecule has 1 aliphatic heterocycles. The highest BCUT2D eigenvalue weighted by Gasteiger charge is 2.35. The Morgan fingerprint density at radius 2 is 2.17 bits per heavy atom. The molecule has 124 valence electrons. The van der Waals surface area contributed by atoms with Crippen molar-refractivity contribution in [2.24, 2.45) is 0 Å². The number of hydrogen-bond acceptors (Lipinski definition) is 5. The average Bonchev–Trinajstić information content (AvgIpc) is 3.07. The third-order valence-electron chi connectivity index (χ3n) is 4.27. The van der Waals surface area contributed by atoms with Gasteiger partial charge in [0.1, 0.15) is 5.60 Å². The number of nitrogens with zero attached hydrogens (tertiary/aromatic N) is 5.